The zero-order valence-corrected chi connectivity index (χ0v) is 14.4. The van der Waals surface area contributed by atoms with E-state index in [0.717, 1.165) is 22.4 Å². The van der Waals surface area contributed by atoms with Crippen LogP contribution in [0.1, 0.15) is 34.3 Å². The molecule has 3 aromatic carbocycles. The van der Waals surface area contributed by atoms with E-state index in [0.29, 0.717) is 12.8 Å². The summed E-state index contributed by atoms with van der Waals surface area (Å²) in [5.41, 5.74) is 6.67. The van der Waals surface area contributed by atoms with E-state index in [1.165, 1.54) is 0 Å². The number of rotatable bonds is 5. The predicted molar refractivity (Wildman–Crippen MR) is 104 cm³/mol. The van der Waals surface area contributed by atoms with Gasteiger partial charge in [-0.1, -0.05) is 91.0 Å². The molecule has 0 radical (unpaired) electrons. The number of hydrazone groups is 1. The number of nitrogens with zero attached hydrogens (tertiary/aromatic N) is 1. The van der Waals surface area contributed by atoms with E-state index < -0.39 is 5.54 Å². The fourth-order valence-electron chi connectivity index (χ4n) is 3.46. The van der Waals surface area contributed by atoms with Crippen LogP contribution in [0.15, 0.2) is 96.1 Å². The Morgan fingerprint density at radius 2 is 1.42 bits per heavy atom. The van der Waals surface area contributed by atoms with Crippen molar-refractivity contribution in [3.63, 3.8) is 0 Å². The highest BCUT2D eigenvalue weighted by molar-refractivity contribution is 6.03. The highest BCUT2D eigenvalue weighted by Crippen LogP contribution is 2.35. The van der Waals surface area contributed by atoms with Crippen molar-refractivity contribution < 1.29 is 4.79 Å². The van der Waals surface area contributed by atoms with Crippen LogP contribution in [0.3, 0.4) is 0 Å². The second kappa shape index (κ2) is 6.96. The van der Waals surface area contributed by atoms with E-state index in [4.69, 9.17) is 0 Å². The lowest BCUT2D eigenvalue weighted by Crippen LogP contribution is -2.38. The van der Waals surface area contributed by atoms with E-state index in [9.17, 15) is 4.79 Å². The third-order valence-electron chi connectivity index (χ3n) is 4.87. The molecule has 0 bridgehead atoms. The molecule has 1 aliphatic heterocycles. The lowest BCUT2D eigenvalue weighted by molar-refractivity contribution is 0.0941. The van der Waals surface area contributed by atoms with Crippen LogP contribution in [0.5, 0.6) is 0 Å². The number of carbonyl (C=O) groups excluding carboxylic acids is 1. The molecule has 3 aromatic rings. The number of benzene rings is 3. The molecule has 0 amide bonds. The average molecular weight is 340 g/mol. The Morgan fingerprint density at radius 1 is 0.846 bits per heavy atom. The molecule has 0 aromatic heterocycles. The second-order valence-corrected chi connectivity index (χ2v) is 6.63. The van der Waals surface area contributed by atoms with Gasteiger partial charge in [0.05, 0.1) is 11.3 Å². The van der Waals surface area contributed by atoms with Crippen molar-refractivity contribution in [1.29, 1.82) is 0 Å². The Labute approximate surface area is 153 Å². The van der Waals surface area contributed by atoms with Crippen LogP contribution in [0, 0.1) is 0 Å². The molecule has 0 spiro atoms. The van der Waals surface area contributed by atoms with Gasteiger partial charge in [-0.3, -0.25) is 10.2 Å². The zero-order valence-electron chi connectivity index (χ0n) is 14.4. The van der Waals surface area contributed by atoms with Crippen molar-refractivity contribution in [2.75, 3.05) is 0 Å². The molecule has 4 rings (SSSR count). The van der Waals surface area contributed by atoms with Gasteiger partial charge in [0, 0.05) is 18.4 Å². The van der Waals surface area contributed by atoms with Gasteiger partial charge in [-0.05, 0) is 11.1 Å². The maximum atomic E-state index is 12.9. The van der Waals surface area contributed by atoms with Crippen molar-refractivity contribution in [2.45, 2.75) is 18.4 Å². The number of Topliss-reactive ketones (excluding diaryl/α,β-unsaturated/α-hetero) is 1. The zero-order chi connectivity index (χ0) is 17.8. The third kappa shape index (κ3) is 3.16. The minimum atomic E-state index is -0.515. The van der Waals surface area contributed by atoms with Gasteiger partial charge in [0.1, 0.15) is 0 Å². The molecule has 0 aliphatic carbocycles. The van der Waals surface area contributed by atoms with Crippen LogP contribution in [-0.4, -0.2) is 11.5 Å². The van der Waals surface area contributed by atoms with E-state index in [2.05, 4.69) is 34.8 Å². The molecule has 3 heteroatoms. The van der Waals surface area contributed by atoms with Crippen LogP contribution >= 0.6 is 0 Å². The standard InChI is InChI=1S/C23H20N2O/c26-22(19-12-6-2-7-13-19)17-23(20-14-8-3-9-15-20)16-21(24-25-23)18-10-4-1-5-11-18/h1-15,25H,16-17H2. The lowest BCUT2D eigenvalue weighted by atomic mass is 9.80. The summed E-state index contributed by atoms with van der Waals surface area (Å²) in [6, 6.07) is 29.7. The monoisotopic (exact) mass is 340 g/mol. The highest BCUT2D eigenvalue weighted by Gasteiger charge is 2.40. The Balaban J connectivity index is 1.66. The molecule has 0 saturated carbocycles. The maximum absolute atomic E-state index is 12.9. The summed E-state index contributed by atoms with van der Waals surface area (Å²) in [5.74, 6) is 0.117. The fraction of sp³-hybridized carbons (Fsp3) is 0.130. The molecule has 1 aliphatic rings. The molecule has 1 N–H and O–H groups in total. The number of hydrogen-bond acceptors (Lipinski definition) is 3. The number of hydrogen-bond donors (Lipinski definition) is 1. The number of ketones is 1. The lowest BCUT2D eigenvalue weighted by Gasteiger charge is -2.29. The number of nitrogens with one attached hydrogen (secondary N) is 1. The maximum Gasteiger partial charge on any atom is 0.165 e. The third-order valence-corrected chi connectivity index (χ3v) is 4.87. The minimum absolute atomic E-state index is 0.117. The Kier molecular flexibility index (Phi) is 4.36. The van der Waals surface area contributed by atoms with Crippen LogP contribution in [0.25, 0.3) is 0 Å². The first kappa shape index (κ1) is 16.3. The van der Waals surface area contributed by atoms with E-state index in [1.54, 1.807) is 0 Å². The molecule has 128 valence electrons. The summed E-state index contributed by atoms with van der Waals surface area (Å²) in [7, 11) is 0. The molecule has 26 heavy (non-hydrogen) atoms. The van der Waals surface area contributed by atoms with Crippen molar-refractivity contribution in [2.24, 2.45) is 5.10 Å². The van der Waals surface area contributed by atoms with Gasteiger partial charge < -0.3 is 0 Å². The molecule has 3 nitrogen and oxygen atoms in total. The average Bonchev–Trinajstić information content (AvgIpc) is 3.15. The quantitative estimate of drug-likeness (QED) is 0.692. The summed E-state index contributed by atoms with van der Waals surface area (Å²) in [5, 5.41) is 4.60. The summed E-state index contributed by atoms with van der Waals surface area (Å²) in [6.07, 6.45) is 1.04. The molecular formula is C23H20N2O. The first-order valence-corrected chi connectivity index (χ1v) is 8.80. The Bertz CT molecular complexity index is 920. The van der Waals surface area contributed by atoms with Crippen LogP contribution in [0.4, 0.5) is 0 Å². The van der Waals surface area contributed by atoms with Gasteiger partial charge in [-0.15, -0.1) is 0 Å². The fourth-order valence-corrected chi connectivity index (χ4v) is 3.46. The van der Waals surface area contributed by atoms with Crippen molar-refractivity contribution >= 4 is 11.5 Å². The minimum Gasteiger partial charge on any atom is -0.298 e. The van der Waals surface area contributed by atoms with Gasteiger partial charge in [-0.2, -0.15) is 5.10 Å². The SMILES string of the molecule is O=C(CC1(c2ccccc2)CC(c2ccccc2)=NN1)c1ccccc1. The first-order valence-electron chi connectivity index (χ1n) is 8.80. The van der Waals surface area contributed by atoms with Gasteiger partial charge in [0.15, 0.2) is 5.78 Å². The molecular weight excluding hydrogens is 320 g/mol. The summed E-state index contributed by atoms with van der Waals surface area (Å²) >= 11 is 0. The molecule has 1 unspecified atom stereocenters. The number of carbonyl (C=O) groups is 1. The summed E-state index contributed by atoms with van der Waals surface area (Å²) in [4.78, 5) is 12.9. The normalized spacial score (nSPS) is 18.8. The van der Waals surface area contributed by atoms with Gasteiger partial charge >= 0.3 is 0 Å². The second-order valence-electron chi connectivity index (χ2n) is 6.63. The Morgan fingerprint density at radius 3 is 2.08 bits per heavy atom. The predicted octanol–water partition coefficient (Wildman–Crippen LogP) is 4.55. The summed E-state index contributed by atoms with van der Waals surface area (Å²) < 4.78 is 0. The van der Waals surface area contributed by atoms with Gasteiger partial charge in [-0.25, -0.2) is 0 Å². The van der Waals surface area contributed by atoms with Crippen LogP contribution in [0.2, 0.25) is 0 Å². The Hall–Kier alpha value is -3.20. The van der Waals surface area contributed by atoms with E-state index in [-0.39, 0.29) is 5.78 Å². The molecule has 0 saturated heterocycles. The highest BCUT2D eigenvalue weighted by atomic mass is 16.1. The summed E-state index contributed by atoms with van der Waals surface area (Å²) in [6.45, 7) is 0. The van der Waals surface area contributed by atoms with E-state index >= 15 is 0 Å². The molecule has 1 heterocycles. The van der Waals surface area contributed by atoms with Crippen molar-refractivity contribution in [3.8, 4) is 0 Å². The van der Waals surface area contributed by atoms with Gasteiger partial charge in [0.2, 0.25) is 0 Å². The molecule has 1 atom stereocenters. The smallest absolute Gasteiger partial charge is 0.165 e. The largest absolute Gasteiger partial charge is 0.298 e. The van der Waals surface area contributed by atoms with Gasteiger partial charge in [0.25, 0.3) is 0 Å². The topological polar surface area (TPSA) is 41.5 Å². The van der Waals surface area contributed by atoms with Crippen LogP contribution < -0.4 is 5.43 Å². The van der Waals surface area contributed by atoms with Crippen molar-refractivity contribution in [3.05, 3.63) is 108 Å². The molecule has 0 fully saturated rings. The van der Waals surface area contributed by atoms with E-state index in [1.807, 2.05) is 66.7 Å². The van der Waals surface area contributed by atoms with Crippen LogP contribution in [-0.2, 0) is 5.54 Å². The first-order chi connectivity index (χ1) is 12.8. The van der Waals surface area contributed by atoms with Crippen molar-refractivity contribution in [1.82, 2.24) is 5.43 Å².